The molecule has 0 aliphatic heterocycles. The normalized spacial score (nSPS) is 14.3. The van der Waals surface area contributed by atoms with Crippen LogP contribution in [0.25, 0.3) is 0 Å². The first kappa shape index (κ1) is 9.39. The van der Waals surface area contributed by atoms with Crippen molar-refractivity contribution in [3.8, 4) is 0 Å². The molecule has 0 fully saturated rings. The molecule has 0 amide bonds. The van der Waals surface area contributed by atoms with Crippen LogP contribution >= 0.6 is 8.15 Å². The maximum Gasteiger partial charge on any atom is 0.0531 e. The molecule has 1 nitrogen and oxygen atoms in total. The Morgan fingerprint density at radius 2 is 2.00 bits per heavy atom. The summed E-state index contributed by atoms with van der Waals surface area (Å²) in [6.45, 7) is 9.64. The summed E-state index contributed by atoms with van der Waals surface area (Å²) in [7, 11) is -0.111. The molecule has 2 heteroatoms. The highest BCUT2D eigenvalue weighted by Crippen LogP contribution is 2.31. The number of hydrogen-bond acceptors (Lipinski definition) is 1. The Bertz CT molecular complexity index is 63.9. The Hall–Kier alpha value is 0.390. The van der Waals surface area contributed by atoms with Gasteiger partial charge in [0, 0.05) is 8.15 Å². The van der Waals surface area contributed by atoms with E-state index in [1.165, 1.54) is 6.16 Å². The van der Waals surface area contributed by atoms with Crippen LogP contribution < -0.4 is 0 Å². The zero-order valence-corrected chi connectivity index (χ0v) is 7.74. The van der Waals surface area contributed by atoms with Crippen molar-refractivity contribution < 1.29 is 4.52 Å². The Morgan fingerprint density at radius 1 is 1.44 bits per heavy atom. The minimum absolute atomic E-state index is 0.111. The van der Waals surface area contributed by atoms with E-state index in [0.29, 0.717) is 5.92 Å². The van der Waals surface area contributed by atoms with Crippen LogP contribution in [0.3, 0.4) is 0 Å². The summed E-state index contributed by atoms with van der Waals surface area (Å²) in [5.41, 5.74) is 0. The van der Waals surface area contributed by atoms with Crippen LogP contribution in [-0.4, -0.2) is 19.4 Å². The van der Waals surface area contributed by atoms with Crippen LogP contribution in [0.5, 0.6) is 0 Å². The lowest BCUT2D eigenvalue weighted by Crippen LogP contribution is -1.98. The van der Waals surface area contributed by atoms with Gasteiger partial charge in [0.15, 0.2) is 0 Å². The van der Waals surface area contributed by atoms with E-state index < -0.39 is 0 Å². The molecule has 0 N–H and O–H groups in total. The topological polar surface area (TPSA) is 9.23 Å². The van der Waals surface area contributed by atoms with Gasteiger partial charge >= 0.3 is 0 Å². The van der Waals surface area contributed by atoms with Crippen LogP contribution in [0.4, 0.5) is 0 Å². The second kappa shape index (κ2) is 5.20. The number of hydrogen-bond donors (Lipinski definition) is 0. The average molecular weight is 148 g/mol. The molecule has 0 saturated heterocycles. The zero-order chi connectivity index (χ0) is 7.28. The first-order valence-electron chi connectivity index (χ1n) is 3.50. The van der Waals surface area contributed by atoms with Gasteiger partial charge in [0.1, 0.15) is 0 Å². The van der Waals surface area contributed by atoms with Crippen molar-refractivity contribution in [3.63, 3.8) is 0 Å². The molecule has 1 atom stereocenters. The zero-order valence-electron chi connectivity index (χ0n) is 6.85. The van der Waals surface area contributed by atoms with Crippen LogP contribution in [-0.2, 0) is 4.52 Å². The fourth-order valence-corrected chi connectivity index (χ4v) is 1.10. The first-order chi connectivity index (χ1) is 4.16. The van der Waals surface area contributed by atoms with E-state index >= 15 is 0 Å². The highest BCUT2D eigenvalue weighted by Gasteiger charge is 1.98. The largest absolute Gasteiger partial charge is 0.359 e. The van der Waals surface area contributed by atoms with Gasteiger partial charge in [-0.05, 0) is 18.7 Å². The SMILES string of the molecule is CCP(C)OCC(C)C. The van der Waals surface area contributed by atoms with E-state index in [0.717, 1.165) is 6.61 Å². The van der Waals surface area contributed by atoms with Crippen molar-refractivity contribution in [2.45, 2.75) is 20.8 Å². The summed E-state index contributed by atoms with van der Waals surface area (Å²) in [4.78, 5) is 0. The van der Waals surface area contributed by atoms with Crippen molar-refractivity contribution in [1.29, 1.82) is 0 Å². The van der Waals surface area contributed by atoms with Crippen LogP contribution in [0.15, 0.2) is 0 Å². The summed E-state index contributed by atoms with van der Waals surface area (Å²) in [5.74, 6) is 0.682. The summed E-state index contributed by atoms with van der Waals surface area (Å²) in [6.07, 6.45) is 1.18. The molecule has 0 saturated carbocycles. The van der Waals surface area contributed by atoms with Gasteiger partial charge in [-0.15, -0.1) is 0 Å². The third kappa shape index (κ3) is 6.27. The minimum Gasteiger partial charge on any atom is -0.359 e. The van der Waals surface area contributed by atoms with Crippen molar-refractivity contribution in [2.24, 2.45) is 5.92 Å². The van der Waals surface area contributed by atoms with Gasteiger partial charge in [-0.2, -0.15) is 0 Å². The lowest BCUT2D eigenvalue weighted by Gasteiger charge is -2.11. The third-order valence-electron chi connectivity index (χ3n) is 1.07. The maximum atomic E-state index is 5.52. The Labute approximate surface area is 59.6 Å². The van der Waals surface area contributed by atoms with Gasteiger partial charge in [0.2, 0.25) is 0 Å². The molecule has 56 valence electrons. The van der Waals surface area contributed by atoms with Crippen LogP contribution in [0.1, 0.15) is 20.8 Å². The Kier molecular flexibility index (Phi) is 5.42. The quantitative estimate of drug-likeness (QED) is 0.557. The van der Waals surface area contributed by atoms with Gasteiger partial charge in [0.05, 0.1) is 6.61 Å². The van der Waals surface area contributed by atoms with E-state index in [9.17, 15) is 0 Å². The minimum atomic E-state index is -0.111. The van der Waals surface area contributed by atoms with Gasteiger partial charge in [-0.3, -0.25) is 0 Å². The fraction of sp³-hybridized carbons (Fsp3) is 1.00. The van der Waals surface area contributed by atoms with Crippen LogP contribution in [0.2, 0.25) is 0 Å². The van der Waals surface area contributed by atoms with Crippen molar-refractivity contribution in [2.75, 3.05) is 19.4 Å². The second-order valence-corrected chi connectivity index (χ2v) is 4.78. The monoisotopic (exact) mass is 148 g/mol. The molecule has 0 bridgehead atoms. The van der Waals surface area contributed by atoms with Crippen molar-refractivity contribution >= 4 is 8.15 Å². The smallest absolute Gasteiger partial charge is 0.0531 e. The second-order valence-electron chi connectivity index (χ2n) is 2.63. The average Bonchev–Trinajstić information content (AvgIpc) is 1.83. The molecule has 0 heterocycles. The molecule has 0 aromatic rings. The van der Waals surface area contributed by atoms with E-state index in [1.807, 2.05) is 0 Å². The van der Waals surface area contributed by atoms with E-state index in [1.54, 1.807) is 0 Å². The Balaban J connectivity index is 3.06. The van der Waals surface area contributed by atoms with Gasteiger partial charge in [0.25, 0.3) is 0 Å². The van der Waals surface area contributed by atoms with Crippen molar-refractivity contribution in [1.82, 2.24) is 0 Å². The van der Waals surface area contributed by atoms with Gasteiger partial charge < -0.3 is 4.52 Å². The molecule has 0 rings (SSSR count). The van der Waals surface area contributed by atoms with Gasteiger partial charge in [-0.1, -0.05) is 20.8 Å². The third-order valence-corrected chi connectivity index (χ3v) is 2.55. The maximum absolute atomic E-state index is 5.52. The van der Waals surface area contributed by atoms with Crippen LogP contribution in [0, 0.1) is 5.92 Å². The molecular formula is C7H17OP. The summed E-state index contributed by atoms with van der Waals surface area (Å²) >= 11 is 0. The first-order valence-corrected chi connectivity index (χ1v) is 5.40. The molecule has 0 aromatic carbocycles. The lowest BCUT2D eigenvalue weighted by molar-refractivity contribution is 0.300. The Morgan fingerprint density at radius 3 is 2.33 bits per heavy atom. The number of rotatable bonds is 4. The van der Waals surface area contributed by atoms with Gasteiger partial charge in [-0.25, -0.2) is 0 Å². The molecule has 0 aromatic heterocycles. The molecule has 0 aliphatic rings. The fourth-order valence-electron chi connectivity index (χ4n) is 0.368. The molecule has 0 radical (unpaired) electrons. The predicted octanol–water partition coefficient (Wildman–Crippen LogP) is 2.71. The highest BCUT2D eigenvalue weighted by atomic mass is 31.1. The lowest BCUT2D eigenvalue weighted by atomic mass is 10.2. The summed E-state index contributed by atoms with van der Waals surface area (Å²) < 4.78 is 5.52. The standard InChI is InChI=1S/C7H17OP/c1-5-9(4)8-6-7(2)3/h7H,5-6H2,1-4H3. The summed E-state index contributed by atoms with van der Waals surface area (Å²) in [5, 5.41) is 0. The predicted molar refractivity (Wildman–Crippen MR) is 44.2 cm³/mol. The molecule has 1 unspecified atom stereocenters. The molecule has 0 aliphatic carbocycles. The highest BCUT2D eigenvalue weighted by molar-refractivity contribution is 7.51. The molecule has 9 heavy (non-hydrogen) atoms. The summed E-state index contributed by atoms with van der Waals surface area (Å²) in [6, 6.07) is 0. The van der Waals surface area contributed by atoms with E-state index in [-0.39, 0.29) is 8.15 Å². The molecular weight excluding hydrogens is 131 g/mol. The molecule has 0 spiro atoms. The van der Waals surface area contributed by atoms with E-state index in [4.69, 9.17) is 4.52 Å². The van der Waals surface area contributed by atoms with Crippen molar-refractivity contribution in [3.05, 3.63) is 0 Å². The van der Waals surface area contributed by atoms with E-state index in [2.05, 4.69) is 27.4 Å².